The first-order valence-corrected chi connectivity index (χ1v) is 18.5. The molecule has 14 heteroatoms. The first-order valence-electron chi connectivity index (χ1n) is 17.3. The summed E-state index contributed by atoms with van der Waals surface area (Å²) >= 11 is 2.02. The number of hydrogen-bond acceptors (Lipinski definition) is 13. The average molecular weight is 849 g/mol. The normalized spacial score (nSPS) is 28.5. The van der Waals surface area contributed by atoms with Gasteiger partial charge in [0.2, 0.25) is 0 Å². The van der Waals surface area contributed by atoms with Gasteiger partial charge in [-0.15, -0.1) is 0 Å². The van der Waals surface area contributed by atoms with Gasteiger partial charge in [-0.25, -0.2) is 0 Å². The van der Waals surface area contributed by atoms with E-state index < -0.39 is 77.1 Å². The lowest BCUT2D eigenvalue weighted by atomic mass is 9.97. The highest BCUT2D eigenvalue weighted by molar-refractivity contribution is 14.1. The molecular formula is C39H45IO13. The SMILES string of the molecule is CC(=O)OC[C@H]1O[C@H](O[C@H]2[C@H](OCc3ccccc3)[C@@H](OCc3ccccc3)[C@H](O)O[C@@H]2COCc2ccccc2)[C@@H](I)[C@@H](OC(C)=O)[C@@H]1OC(C)=O. The first kappa shape index (κ1) is 40.7. The molecular weight excluding hydrogens is 803 g/mol. The first-order chi connectivity index (χ1) is 25.6. The molecule has 2 aliphatic heterocycles. The number of aliphatic hydroxyl groups is 1. The zero-order chi connectivity index (χ0) is 37.7. The minimum Gasteiger partial charge on any atom is -0.463 e. The lowest BCUT2D eigenvalue weighted by Gasteiger charge is -2.48. The summed E-state index contributed by atoms with van der Waals surface area (Å²) in [6.45, 7) is 3.87. The summed E-state index contributed by atoms with van der Waals surface area (Å²) < 4.78 is 54.1. The average Bonchev–Trinajstić information content (AvgIpc) is 3.14. The molecule has 0 bridgehead atoms. The second-order valence-electron chi connectivity index (χ2n) is 12.6. The lowest BCUT2D eigenvalue weighted by molar-refractivity contribution is -0.347. The number of carbonyl (C=O) groups is 3. The molecule has 1 N–H and O–H groups in total. The van der Waals surface area contributed by atoms with Crippen LogP contribution in [0.4, 0.5) is 0 Å². The Morgan fingerprint density at radius 3 is 1.62 bits per heavy atom. The summed E-state index contributed by atoms with van der Waals surface area (Å²) in [4.78, 5) is 36.4. The second kappa shape index (κ2) is 20.3. The van der Waals surface area contributed by atoms with Crippen molar-refractivity contribution in [1.29, 1.82) is 0 Å². The van der Waals surface area contributed by atoms with Crippen LogP contribution >= 0.6 is 22.6 Å². The van der Waals surface area contributed by atoms with Crippen LogP contribution in [-0.4, -0.2) is 95.5 Å². The smallest absolute Gasteiger partial charge is 0.303 e. The molecule has 0 saturated carbocycles. The van der Waals surface area contributed by atoms with Crippen molar-refractivity contribution in [1.82, 2.24) is 0 Å². The summed E-state index contributed by atoms with van der Waals surface area (Å²) in [5.41, 5.74) is 2.66. The van der Waals surface area contributed by atoms with Gasteiger partial charge in [0.25, 0.3) is 0 Å². The van der Waals surface area contributed by atoms with Crippen molar-refractivity contribution in [2.75, 3.05) is 13.2 Å². The molecule has 2 heterocycles. The maximum absolute atomic E-state index is 12.4. The number of benzene rings is 3. The van der Waals surface area contributed by atoms with Gasteiger partial charge in [-0.3, -0.25) is 14.4 Å². The maximum Gasteiger partial charge on any atom is 0.303 e. The van der Waals surface area contributed by atoms with Crippen LogP contribution in [0.2, 0.25) is 0 Å². The quantitative estimate of drug-likeness (QED) is 0.0937. The molecule has 13 nitrogen and oxygen atoms in total. The number of aliphatic hydroxyl groups excluding tert-OH is 1. The van der Waals surface area contributed by atoms with Crippen LogP contribution < -0.4 is 0 Å². The van der Waals surface area contributed by atoms with Gasteiger partial charge < -0.3 is 47.7 Å². The van der Waals surface area contributed by atoms with Crippen LogP contribution in [0.25, 0.3) is 0 Å². The summed E-state index contributed by atoms with van der Waals surface area (Å²) in [6, 6.07) is 28.6. The summed E-state index contributed by atoms with van der Waals surface area (Å²) in [6.07, 6.45) is -9.78. The van der Waals surface area contributed by atoms with Gasteiger partial charge in [0.15, 0.2) is 24.8 Å². The molecule has 3 aromatic carbocycles. The molecule has 53 heavy (non-hydrogen) atoms. The highest BCUT2D eigenvalue weighted by Crippen LogP contribution is 2.36. The van der Waals surface area contributed by atoms with Gasteiger partial charge in [0.05, 0.1) is 26.4 Å². The van der Waals surface area contributed by atoms with E-state index in [0.717, 1.165) is 16.7 Å². The van der Waals surface area contributed by atoms with Crippen LogP contribution in [0.1, 0.15) is 37.5 Å². The summed E-state index contributed by atoms with van der Waals surface area (Å²) in [7, 11) is 0. The molecule has 10 atom stereocenters. The fourth-order valence-electron chi connectivity index (χ4n) is 6.09. The Kier molecular flexibility index (Phi) is 15.6. The standard InChI is InChI=1S/C39H45IO13/c1-24(41)46-23-31-33(49-25(2)42)35(50-26(3)43)32(40)39(52-31)53-34-30(22-45-19-27-13-7-4-8-14-27)51-38(44)37(48-21-29-17-11-6-12-18-29)36(34)47-20-28-15-9-5-10-16-28/h4-18,30-39,44H,19-23H2,1-3H3/t30-,31-,32+,33-,34-,35-,36+,37-,38-,39-/m1/s1. The number of carbonyl (C=O) groups excluding carboxylic acids is 3. The Hall–Kier alpha value is -3.48. The Morgan fingerprint density at radius 1 is 0.604 bits per heavy atom. The van der Waals surface area contributed by atoms with E-state index in [9.17, 15) is 19.5 Å². The molecule has 286 valence electrons. The molecule has 0 unspecified atom stereocenters. The predicted octanol–water partition coefficient (Wildman–Crippen LogP) is 4.43. The molecule has 3 aromatic rings. The number of esters is 3. The van der Waals surface area contributed by atoms with E-state index in [0.29, 0.717) is 0 Å². The minimum atomic E-state index is -1.44. The van der Waals surface area contributed by atoms with Gasteiger partial charge in [-0.1, -0.05) is 114 Å². The molecule has 2 aliphatic rings. The van der Waals surface area contributed by atoms with Crippen molar-refractivity contribution in [3.05, 3.63) is 108 Å². The third-order valence-corrected chi connectivity index (χ3v) is 9.79. The van der Waals surface area contributed by atoms with E-state index in [1.165, 1.54) is 20.8 Å². The van der Waals surface area contributed by atoms with Crippen LogP contribution in [0.5, 0.6) is 0 Å². The van der Waals surface area contributed by atoms with Gasteiger partial charge in [-0.05, 0) is 16.7 Å². The van der Waals surface area contributed by atoms with Crippen molar-refractivity contribution in [2.45, 2.75) is 99.8 Å². The molecule has 0 aliphatic carbocycles. The third-order valence-electron chi connectivity index (χ3n) is 8.49. The van der Waals surface area contributed by atoms with Crippen LogP contribution in [0, 0.1) is 0 Å². The van der Waals surface area contributed by atoms with Gasteiger partial charge in [-0.2, -0.15) is 0 Å². The largest absolute Gasteiger partial charge is 0.463 e. The fourth-order valence-corrected chi connectivity index (χ4v) is 6.98. The van der Waals surface area contributed by atoms with Crippen molar-refractivity contribution >= 4 is 40.5 Å². The molecule has 2 fully saturated rings. The van der Waals surface area contributed by atoms with Crippen molar-refractivity contribution in [3.8, 4) is 0 Å². The Bertz CT molecular complexity index is 1580. The number of hydrogen-bond donors (Lipinski definition) is 1. The number of halogens is 1. The van der Waals surface area contributed by atoms with Gasteiger partial charge in [0.1, 0.15) is 41.1 Å². The predicted molar refractivity (Wildman–Crippen MR) is 196 cm³/mol. The van der Waals surface area contributed by atoms with Crippen LogP contribution in [0.3, 0.4) is 0 Å². The van der Waals surface area contributed by atoms with Crippen LogP contribution in [-0.2, 0) is 76.8 Å². The second-order valence-corrected chi connectivity index (χ2v) is 14.1. The topological polar surface area (TPSA) is 155 Å². The van der Waals surface area contributed by atoms with E-state index in [-0.39, 0.29) is 33.0 Å². The van der Waals surface area contributed by atoms with E-state index in [2.05, 4.69) is 0 Å². The van der Waals surface area contributed by atoms with Gasteiger partial charge in [0, 0.05) is 20.8 Å². The van der Waals surface area contributed by atoms with Crippen LogP contribution in [0.15, 0.2) is 91.0 Å². The molecule has 0 aromatic heterocycles. The molecule has 0 spiro atoms. The molecule has 0 radical (unpaired) electrons. The Balaban J connectivity index is 1.48. The fraction of sp³-hybridized carbons (Fsp3) is 0.462. The zero-order valence-electron chi connectivity index (χ0n) is 29.7. The molecule has 2 saturated heterocycles. The minimum absolute atomic E-state index is 0.0216. The number of rotatable bonds is 16. The molecule has 0 amide bonds. The summed E-state index contributed by atoms with van der Waals surface area (Å²) in [5.74, 6) is -1.87. The van der Waals surface area contributed by atoms with Crippen molar-refractivity contribution < 1.29 is 62.1 Å². The van der Waals surface area contributed by atoms with E-state index in [1.54, 1.807) is 0 Å². The summed E-state index contributed by atoms with van der Waals surface area (Å²) in [5, 5.41) is 11.5. The monoisotopic (exact) mass is 848 g/mol. The number of ether oxygens (including phenoxy) is 9. The lowest BCUT2D eigenvalue weighted by Crippen LogP contribution is -2.65. The zero-order valence-corrected chi connectivity index (χ0v) is 31.9. The van der Waals surface area contributed by atoms with Crippen molar-refractivity contribution in [3.63, 3.8) is 0 Å². The molecule has 5 rings (SSSR count). The third kappa shape index (κ3) is 12.0. The maximum atomic E-state index is 12.4. The highest BCUT2D eigenvalue weighted by atomic mass is 127. The highest BCUT2D eigenvalue weighted by Gasteiger charge is 2.54. The van der Waals surface area contributed by atoms with Gasteiger partial charge >= 0.3 is 17.9 Å². The van der Waals surface area contributed by atoms with E-state index in [1.807, 2.05) is 114 Å². The van der Waals surface area contributed by atoms with Crippen molar-refractivity contribution in [2.24, 2.45) is 0 Å². The Labute approximate surface area is 322 Å². The number of alkyl halides is 1. The van der Waals surface area contributed by atoms with E-state index >= 15 is 0 Å². The Morgan fingerprint density at radius 2 is 1.09 bits per heavy atom. The van der Waals surface area contributed by atoms with E-state index in [4.69, 9.17) is 42.6 Å².